The van der Waals surface area contributed by atoms with E-state index in [1.54, 1.807) is 7.05 Å². The van der Waals surface area contributed by atoms with Gasteiger partial charge in [-0.3, -0.25) is 13.9 Å². The summed E-state index contributed by atoms with van der Waals surface area (Å²) >= 11 is 0. The van der Waals surface area contributed by atoms with Gasteiger partial charge < -0.3 is 4.57 Å². The van der Waals surface area contributed by atoms with Gasteiger partial charge in [0.1, 0.15) is 0 Å². The summed E-state index contributed by atoms with van der Waals surface area (Å²) in [5.41, 5.74) is -0.961. The fourth-order valence-electron chi connectivity index (χ4n) is 2.52. The summed E-state index contributed by atoms with van der Waals surface area (Å²) in [5, 5.41) is 0. The molecule has 3 aromatic rings. The largest absolute Gasteiger partial charge is 0.416 e. The second kappa shape index (κ2) is 5.36. The summed E-state index contributed by atoms with van der Waals surface area (Å²) in [4.78, 5) is 28.9. The quantitative estimate of drug-likeness (QED) is 0.711. The predicted octanol–water partition coefficient (Wildman–Crippen LogP) is 1.50. The Labute approximate surface area is 133 Å². The minimum absolute atomic E-state index is 0.120. The number of imidazole rings is 1. The van der Waals surface area contributed by atoms with Crippen LogP contribution in [-0.2, 0) is 26.8 Å². The molecule has 9 heteroatoms. The molecular formula is C15H13F3N4O2. The molecule has 0 saturated heterocycles. The molecule has 6 nitrogen and oxygen atoms in total. The molecule has 2 heterocycles. The number of hydrogen-bond acceptors (Lipinski definition) is 3. The number of benzene rings is 1. The molecule has 3 rings (SSSR count). The Morgan fingerprint density at radius 2 is 1.71 bits per heavy atom. The van der Waals surface area contributed by atoms with Crippen molar-refractivity contribution in [2.45, 2.75) is 12.7 Å². The standard InChI is InChI=1S/C15H13F3N4O2/c1-20-8-19-12-11(20)13(23)22(14(24)21(12)2)7-9-3-5-10(6-4-9)15(16,17)18/h3-6,8H,7H2,1-2H3. The lowest BCUT2D eigenvalue weighted by Gasteiger charge is -2.10. The maximum atomic E-state index is 12.6. The Bertz CT molecular complexity index is 1030. The molecular weight excluding hydrogens is 325 g/mol. The van der Waals surface area contributed by atoms with E-state index < -0.39 is 23.0 Å². The monoisotopic (exact) mass is 338 g/mol. The summed E-state index contributed by atoms with van der Waals surface area (Å²) in [7, 11) is 3.12. The van der Waals surface area contributed by atoms with Gasteiger partial charge in [0.15, 0.2) is 11.2 Å². The highest BCUT2D eigenvalue weighted by molar-refractivity contribution is 5.69. The second-order valence-electron chi connectivity index (χ2n) is 5.46. The first-order valence-electron chi connectivity index (χ1n) is 6.97. The molecule has 0 bridgehead atoms. The van der Waals surface area contributed by atoms with Crippen molar-refractivity contribution in [1.82, 2.24) is 18.7 Å². The third-order valence-corrected chi connectivity index (χ3v) is 3.82. The van der Waals surface area contributed by atoms with Crippen LogP contribution >= 0.6 is 0 Å². The highest BCUT2D eigenvalue weighted by Gasteiger charge is 2.30. The van der Waals surface area contributed by atoms with Gasteiger partial charge in [-0.15, -0.1) is 0 Å². The van der Waals surface area contributed by atoms with Crippen LogP contribution in [0.3, 0.4) is 0 Å². The summed E-state index contributed by atoms with van der Waals surface area (Å²) < 4.78 is 41.5. The first kappa shape index (κ1) is 16.0. The lowest BCUT2D eigenvalue weighted by atomic mass is 10.1. The van der Waals surface area contributed by atoms with Crippen LogP contribution in [0, 0.1) is 0 Å². The van der Waals surface area contributed by atoms with Crippen molar-refractivity contribution in [3.8, 4) is 0 Å². The Balaban J connectivity index is 2.09. The molecule has 126 valence electrons. The van der Waals surface area contributed by atoms with Gasteiger partial charge in [0.05, 0.1) is 18.4 Å². The normalized spacial score (nSPS) is 12.0. The van der Waals surface area contributed by atoms with Crippen molar-refractivity contribution in [2.24, 2.45) is 14.1 Å². The van der Waals surface area contributed by atoms with Crippen LogP contribution in [0.15, 0.2) is 40.2 Å². The van der Waals surface area contributed by atoms with E-state index in [0.717, 1.165) is 16.7 Å². The van der Waals surface area contributed by atoms with E-state index in [9.17, 15) is 22.8 Å². The SMILES string of the molecule is Cn1cnc2c1c(=O)n(Cc1ccc(C(F)(F)F)cc1)c(=O)n2C. The summed E-state index contributed by atoms with van der Waals surface area (Å²) in [5.74, 6) is 0. The minimum Gasteiger partial charge on any atom is -0.328 e. The number of aryl methyl sites for hydroxylation is 2. The van der Waals surface area contributed by atoms with Crippen molar-refractivity contribution < 1.29 is 13.2 Å². The van der Waals surface area contributed by atoms with Crippen LogP contribution < -0.4 is 11.2 Å². The van der Waals surface area contributed by atoms with E-state index in [1.807, 2.05) is 0 Å². The fourth-order valence-corrected chi connectivity index (χ4v) is 2.52. The zero-order chi connectivity index (χ0) is 17.6. The number of aromatic nitrogens is 4. The lowest BCUT2D eigenvalue weighted by Crippen LogP contribution is -2.39. The Morgan fingerprint density at radius 3 is 2.29 bits per heavy atom. The molecule has 2 aromatic heterocycles. The molecule has 0 aliphatic heterocycles. The van der Waals surface area contributed by atoms with Gasteiger partial charge in [0.2, 0.25) is 0 Å². The number of alkyl halides is 3. The third kappa shape index (κ3) is 2.51. The molecule has 0 N–H and O–H groups in total. The van der Waals surface area contributed by atoms with E-state index in [1.165, 1.54) is 34.6 Å². The molecule has 1 aromatic carbocycles. The predicted molar refractivity (Wildman–Crippen MR) is 80.8 cm³/mol. The average molecular weight is 338 g/mol. The summed E-state index contributed by atoms with van der Waals surface area (Å²) in [6, 6.07) is 4.35. The van der Waals surface area contributed by atoms with Gasteiger partial charge in [-0.05, 0) is 17.7 Å². The summed E-state index contributed by atoms with van der Waals surface area (Å²) in [6.07, 6.45) is -3.01. The van der Waals surface area contributed by atoms with Gasteiger partial charge in [-0.2, -0.15) is 13.2 Å². The molecule has 0 fully saturated rings. The van der Waals surface area contributed by atoms with E-state index in [4.69, 9.17) is 0 Å². The van der Waals surface area contributed by atoms with Crippen LogP contribution in [0.1, 0.15) is 11.1 Å². The zero-order valence-corrected chi connectivity index (χ0v) is 12.8. The summed E-state index contributed by atoms with van der Waals surface area (Å²) in [6.45, 7) is -0.120. The van der Waals surface area contributed by atoms with Crippen LogP contribution in [0.2, 0.25) is 0 Å². The van der Waals surface area contributed by atoms with Crippen LogP contribution in [0.25, 0.3) is 11.2 Å². The minimum atomic E-state index is -4.43. The van der Waals surface area contributed by atoms with Crippen molar-refractivity contribution in [3.05, 3.63) is 62.6 Å². The second-order valence-corrected chi connectivity index (χ2v) is 5.46. The first-order chi connectivity index (χ1) is 11.2. The lowest BCUT2D eigenvalue weighted by molar-refractivity contribution is -0.137. The first-order valence-corrected chi connectivity index (χ1v) is 6.97. The number of fused-ring (bicyclic) bond motifs is 1. The number of halogens is 3. The van der Waals surface area contributed by atoms with Gasteiger partial charge in [0, 0.05) is 14.1 Å². The van der Waals surface area contributed by atoms with Crippen molar-refractivity contribution in [2.75, 3.05) is 0 Å². The van der Waals surface area contributed by atoms with Crippen LogP contribution in [-0.4, -0.2) is 18.7 Å². The Hall–Kier alpha value is -2.84. The Kier molecular flexibility index (Phi) is 3.58. The maximum absolute atomic E-state index is 12.6. The molecule has 0 spiro atoms. The van der Waals surface area contributed by atoms with Gasteiger partial charge in [-0.1, -0.05) is 12.1 Å². The van der Waals surface area contributed by atoms with E-state index >= 15 is 0 Å². The molecule has 0 aliphatic carbocycles. The molecule has 0 aliphatic rings. The number of hydrogen-bond donors (Lipinski definition) is 0. The van der Waals surface area contributed by atoms with E-state index in [-0.39, 0.29) is 17.7 Å². The van der Waals surface area contributed by atoms with Crippen LogP contribution in [0.4, 0.5) is 13.2 Å². The van der Waals surface area contributed by atoms with E-state index in [0.29, 0.717) is 5.56 Å². The van der Waals surface area contributed by atoms with Crippen molar-refractivity contribution >= 4 is 11.2 Å². The molecule has 0 saturated carbocycles. The van der Waals surface area contributed by atoms with E-state index in [2.05, 4.69) is 4.98 Å². The van der Waals surface area contributed by atoms with Gasteiger partial charge in [-0.25, -0.2) is 9.78 Å². The van der Waals surface area contributed by atoms with Crippen molar-refractivity contribution in [3.63, 3.8) is 0 Å². The zero-order valence-electron chi connectivity index (χ0n) is 12.8. The number of rotatable bonds is 2. The maximum Gasteiger partial charge on any atom is 0.416 e. The number of nitrogens with zero attached hydrogens (tertiary/aromatic N) is 4. The van der Waals surface area contributed by atoms with Crippen LogP contribution in [0.5, 0.6) is 0 Å². The molecule has 0 unspecified atom stereocenters. The highest BCUT2D eigenvalue weighted by Crippen LogP contribution is 2.29. The van der Waals surface area contributed by atoms with Crippen molar-refractivity contribution in [1.29, 1.82) is 0 Å². The average Bonchev–Trinajstić information content (AvgIpc) is 2.91. The van der Waals surface area contributed by atoms with Gasteiger partial charge >= 0.3 is 11.9 Å². The molecule has 0 amide bonds. The molecule has 24 heavy (non-hydrogen) atoms. The highest BCUT2D eigenvalue weighted by atomic mass is 19.4. The Morgan fingerprint density at radius 1 is 1.08 bits per heavy atom. The smallest absolute Gasteiger partial charge is 0.328 e. The molecule has 0 atom stereocenters. The fraction of sp³-hybridized carbons (Fsp3) is 0.267. The topological polar surface area (TPSA) is 61.8 Å². The molecule has 0 radical (unpaired) electrons. The third-order valence-electron chi connectivity index (χ3n) is 3.82. The van der Waals surface area contributed by atoms with Gasteiger partial charge in [0.25, 0.3) is 5.56 Å².